The minimum Gasteiger partial charge on any atom is -0.465 e. The summed E-state index contributed by atoms with van der Waals surface area (Å²) in [7, 11) is -2.81. The van der Waals surface area contributed by atoms with Gasteiger partial charge >= 0.3 is 10.8 Å². The Morgan fingerprint density at radius 2 is 1.96 bits per heavy atom. The van der Waals surface area contributed by atoms with Crippen LogP contribution in [0.1, 0.15) is 10.4 Å². The Bertz CT molecular complexity index is 1080. The summed E-state index contributed by atoms with van der Waals surface area (Å²) in [4.78, 5) is 25.3. The van der Waals surface area contributed by atoms with Gasteiger partial charge in [0, 0.05) is 0 Å². The number of carbonyl (C=O) groups is 1. The summed E-state index contributed by atoms with van der Waals surface area (Å²) in [5, 5.41) is 0. The Morgan fingerprint density at radius 1 is 1.21 bits per heavy atom. The van der Waals surface area contributed by atoms with Crippen molar-refractivity contribution in [2.24, 2.45) is 0 Å². The number of sulfonamides is 1. The second-order valence-electron chi connectivity index (χ2n) is 4.82. The van der Waals surface area contributed by atoms with Crippen molar-refractivity contribution in [1.29, 1.82) is 0 Å². The first kappa shape index (κ1) is 16.2. The van der Waals surface area contributed by atoms with Crippen LogP contribution in [0.4, 0.5) is 5.69 Å². The highest BCUT2D eigenvalue weighted by Gasteiger charge is 2.22. The smallest absolute Gasteiger partial charge is 0.339 e. The lowest BCUT2D eigenvalue weighted by atomic mass is 10.2. The zero-order chi connectivity index (χ0) is 17.3. The van der Waals surface area contributed by atoms with E-state index in [2.05, 4.69) is 14.4 Å². The number of nitrogens with one attached hydrogen (secondary N) is 2. The number of carbonyl (C=O) groups excluding carboxylic acids is 1. The number of H-pyrrole nitrogens is 1. The molecule has 0 aliphatic heterocycles. The van der Waals surface area contributed by atoms with Crippen LogP contribution in [0, 0.1) is 0 Å². The fourth-order valence-electron chi connectivity index (χ4n) is 2.20. The van der Waals surface area contributed by atoms with Crippen LogP contribution < -0.4 is 9.60 Å². The fourth-order valence-corrected chi connectivity index (χ4v) is 4.22. The van der Waals surface area contributed by atoms with Gasteiger partial charge in [0.2, 0.25) is 0 Å². The first-order valence-corrected chi connectivity index (χ1v) is 9.04. The average molecular weight is 364 g/mol. The molecular weight excluding hydrogens is 352 g/mol. The minimum absolute atomic E-state index is 0.0557. The number of rotatable bonds is 4. The minimum atomic E-state index is -4.00. The first-order chi connectivity index (χ1) is 11.4. The van der Waals surface area contributed by atoms with Crippen molar-refractivity contribution in [3.8, 4) is 0 Å². The van der Waals surface area contributed by atoms with E-state index >= 15 is 0 Å². The van der Waals surface area contributed by atoms with Crippen molar-refractivity contribution in [3.63, 3.8) is 0 Å². The van der Waals surface area contributed by atoms with Gasteiger partial charge in [0.25, 0.3) is 10.0 Å². The average Bonchev–Trinajstić information content (AvgIpc) is 2.93. The maximum Gasteiger partial charge on any atom is 0.339 e. The van der Waals surface area contributed by atoms with E-state index in [-0.39, 0.29) is 21.0 Å². The largest absolute Gasteiger partial charge is 0.465 e. The van der Waals surface area contributed by atoms with Crippen molar-refractivity contribution in [1.82, 2.24) is 4.98 Å². The number of aromatic amines is 1. The molecule has 0 aliphatic carbocycles. The van der Waals surface area contributed by atoms with E-state index in [0.29, 0.717) is 10.2 Å². The van der Waals surface area contributed by atoms with E-state index in [4.69, 9.17) is 0 Å². The number of esters is 1. The van der Waals surface area contributed by atoms with Crippen LogP contribution in [0.3, 0.4) is 0 Å². The van der Waals surface area contributed by atoms with Crippen LogP contribution in [0.15, 0.2) is 52.2 Å². The number of fused-ring (bicyclic) bond motifs is 1. The van der Waals surface area contributed by atoms with E-state index in [9.17, 15) is 18.0 Å². The number of hydrogen-bond acceptors (Lipinski definition) is 6. The molecule has 0 atom stereocenters. The molecule has 2 N–H and O–H groups in total. The lowest BCUT2D eigenvalue weighted by Gasteiger charge is -2.11. The standard InChI is InChI=1S/C15H12N2O5S2/c1-22-14(18)10-4-2-3-5-13(10)24(20,21)17-9-6-7-11-12(8-9)23-15(19)16-11/h2-8,17H,1H3,(H,16,19). The fraction of sp³-hybridized carbons (Fsp3) is 0.0667. The molecule has 0 fully saturated rings. The van der Waals surface area contributed by atoms with E-state index < -0.39 is 16.0 Å². The monoisotopic (exact) mass is 364 g/mol. The Hall–Kier alpha value is -2.65. The van der Waals surface area contributed by atoms with Crippen molar-refractivity contribution in [3.05, 3.63) is 57.7 Å². The summed E-state index contributed by atoms with van der Waals surface area (Å²) in [6.45, 7) is 0. The second-order valence-corrected chi connectivity index (χ2v) is 7.48. The third-order valence-electron chi connectivity index (χ3n) is 3.26. The molecule has 1 heterocycles. The van der Waals surface area contributed by atoms with Gasteiger partial charge in [-0.15, -0.1) is 0 Å². The maximum absolute atomic E-state index is 12.6. The number of benzene rings is 2. The number of anilines is 1. The van der Waals surface area contributed by atoms with Crippen LogP contribution >= 0.6 is 11.3 Å². The summed E-state index contributed by atoms with van der Waals surface area (Å²) in [5.74, 6) is -0.740. The van der Waals surface area contributed by atoms with E-state index in [1.54, 1.807) is 18.2 Å². The zero-order valence-corrected chi connectivity index (χ0v) is 14.0. The molecule has 24 heavy (non-hydrogen) atoms. The molecule has 3 aromatic rings. The highest BCUT2D eigenvalue weighted by atomic mass is 32.2. The van der Waals surface area contributed by atoms with Gasteiger partial charge in [-0.25, -0.2) is 13.2 Å². The second kappa shape index (κ2) is 6.10. The number of ether oxygens (including phenoxy) is 1. The lowest BCUT2D eigenvalue weighted by Crippen LogP contribution is -2.17. The molecule has 0 saturated carbocycles. The van der Waals surface area contributed by atoms with Crippen LogP contribution in [0.2, 0.25) is 0 Å². The summed E-state index contributed by atoms with van der Waals surface area (Å²) < 4.78 is 32.8. The topological polar surface area (TPSA) is 105 Å². The molecule has 124 valence electrons. The molecular formula is C15H12N2O5S2. The molecule has 1 aromatic heterocycles. The number of methoxy groups -OCH3 is 1. The first-order valence-electron chi connectivity index (χ1n) is 6.74. The molecule has 0 saturated heterocycles. The summed E-state index contributed by atoms with van der Waals surface area (Å²) in [6.07, 6.45) is 0. The van der Waals surface area contributed by atoms with Gasteiger partial charge in [0.15, 0.2) is 0 Å². The van der Waals surface area contributed by atoms with Crippen LogP contribution in [0.5, 0.6) is 0 Å². The molecule has 3 rings (SSSR count). The summed E-state index contributed by atoms with van der Waals surface area (Å²) in [5.41, 5.74) is 0.861. The quantitative estimate of drug-likeness (QED) is 0.690. The molecule has 0 radical (unpaired) electrons. The van der Waals surface area contributed by atoms with E-state index in [0.717, 1.165) is 11.3 Å². The molecule has 2 aromatic carbocycles. The van der Waals surface area contributed by atoms with Crippen LogP contribution in [0.25, 0.3) is 10.2 Å². The third-order valence-corrected chi connectivity index (χ3v) is 5.54. The zero-order valence-electron chi connectivity index (χ0n) is 12.4. The Kier molecular flexibility index (Phi) is 4.12. The van der Waals surface area contributed by atoms with Gasteiger partial charge in [0.1, 0.15) is 4.90 Å². The normalized spacial score (nSPS) is 11.4. The number of hydrogen-bond donors (Lipinski definition) is 2. The predicted octanol–water partition coefficient (Wildman–Crippen LogP) is 2.18. The van der Waals surface area contributed by atoms with E-state index in [1.165, 1.54) is 31.4 Å². The lowest BCUT2D eigenvalue weighted by molar-refractivity contribution is 0.0596. The van der Waals surface area contributed by atoms with Gasteiger partial charge in [-0.05, 0) is 30.3 Å². The Labute approximate surface area is 141 Å². The number of aromatic nitrogens is 1. The van der Waals surface area contributed by atoms with E-state index in [1.807, 2.05) is 0 Å². The predicted molar refractivity (Wildman–Crippen MR) is 91.0 cm³/mol. The van der Waals surface area contributed by atoms with Crippen LogP contribution in [-0.2, 0) is 14.8 Å². The van der Waals surface area contributed by atoms with Crippen LogP contribution in [-0.4, -0.2) is 26.5 Å². The SMILES string of the molecule is COC(=O)c1ccccc1S(=O)(=O)Nc1ccc2[nH]c(=O)sc2c1. The highest BCUT2D eigenvalue weighted by molar-refractivity contribution is 7.92. The summed E-state index contributed by atoms with van der Waals surface area (Å²) >= 11 is 0.980. The van der Waals surface area contributed by atoms with Gasteiger partial charge in [-0.3, -0.25) is 9.52 Å². The van der Waals surface area contributed by atoms with Gasteiger partial charge in [-0.2, -0.15) is 0 Å². The van der Waals surface area contributed by atoms with Gasteiger partial charge < -0.3 is 9.72 Å². The number of thiazole rings is 1. The van der Waals surface area contributed by atoms with Crippen molar-refractivity contribution in [2.45, 2.75) is 4.90 Å². The molecule has 9 heteroatoms. The summed E-state index contributed by atoms with van der Waals surface area (Å²) in [6, 6.07) is 10.5. The molecule has 7 nitrogen and oxygen atoms in total. The molecule has 0 amide bonds. The van der Waals surface area contributed by atoms with Crippen molar-refractivity contribution in [2.75, 3.05) is 11.8 Å². The maximum atomic E-state index is 12.6. The molecule has 0 spiro atoms. The highest BCUT2D eigenvalue weighted by Crippen LogP contribution is 2.24. The molecule has 0 unspecified atom stereocenters. The van der Waals surface area contributed by atoms with Crippen molar-refractivity contribution >= 4 is 43.2 Å². The Balaban J connectivity index is 2.01. The molecule has 0 aliphatic rings. The van der Waals surface area contributed by atoms with Crippen molar-refractivity contribution < 1.29 is 17.9 Å². The molecule has 0 bridgehead atoms. The Morgan fingerprint density at radius 3 is 2.71 bits per heavy atom. The van der Waals surface area contributed by atoms with Gasteiger partial charge in [0.05, 0.1) is 28.6 Å². The third kappa shape index (κ3) is 3.03. The van der Waals surface area contributed by atoms with Gasteiger partial charge in [-0.1, -0.05) is 23.5 Å².